The Morgan fingerprint density at radius 1 is 1.12 bits per heavy atom. The third kappa shape index (κ3) is 5.31. The Bertz CT molecular complexity index is 2210. The molecule has 248 valence electrons. The van der Waals surface area contributed by atoms with Crippen LogP contribution in [0.15, 0.2) is 49.1 Å². The number of nitrogens with zero attached hydrogens (tertiary/aromatic N) is 6. The first-order valence-corrected chi connectivity index (χ1v) is 16.1. The van der Waals surface area contributed by atoms with Crippen LogP contribution in [0.5, 0.6) is 0 Å². The number of aromatic nitrogens is 5. The van der Waals surface area contributed by atoms with Gasteiger partial charge in [-0.25, -0.2) is 13.8 Å². The van der Waals surface area contributed by atoms with E-state index < -0.39 is 29.5 Å². The molecule has 1 fully saturated rings. The summed E-state index contributed by atoms with van der Waals surface area (Å²) in [6.45, 7) is 13.4. The van der Waals surface area contributed by atoms with Crippen LogP contribution < -0.4 is 10.2 Å². The number of benzene rings is 1. The molecular weight excluding hydrogens is 635 g/mol. The van der Waals surface area contributed by atoms with Crippen molar-refractivity contribution in [1.29, 1.82) is 0 Å². The van der Waals surface area contributed by atoms with Gasteiger partial charge < -0.3 is 15.1 Å². The first-order valence-electron chi connectivity index (χ1n) is 15.7. The van der Waals surface area contributed by atoms with Crippen molar-refractivity contribution in [3.63, 3.8) is 0 Å². The fourth-order valence-electron chi connectivity index (χ4n) is 6.65. The molecule has 13 heteroatoms. The molecule has 2 N–H and O–H groups in total. The second-order valence-corrected chi connectivity index (χ2v) is 12.8. The lowest BCUT2D eigenvalue weighted by molar-refractivity contribution is -0.129. The van der Waals surface area contributed by atoms with Gasteiger partial charge in [-0.3, -0.25) is 24.2 Å². The summed E-state index contributed by atoms with van der Waals surface area (Å²) in [5.74, 6) is -2.94. The number of aromatic amines is 1. The Balaban J connectivity index is 1.75. The maximum absolute atomic E-state index is 16.7. The number of nitrogens with one attached hydrogen (secondary N) is 2. The van der Waals surface area contributed by atoms with E-state index in [1.807, 2.05) is 57.7 Å². The summed E-state index contributed by atoms with van der Waals surface area (Å²) in [5.41, 5.74) is 5.31. The van der Waals surface area contributed by atoms with Crippen LogP contribution in [0.4, 0.5) is 14.5 Å². The number of aryl methyl sites for hydroxylation is 2. The van der Waals surface area contributed by atoms with Gasteiger partial charge in [0.25, 0.3) is 11.8 Å². The Morgan fingerprint density at radius 3 is 2.54 bits per heavy atom. The number of H-pyrrole nitrogens is 1. The molecule has 1 saturated heterocycles. The molecule has 1 aromatic carbocycles. The Hall–Kier alpha value is -5.04. The maximum atomic E-state index is 16.7. The van der Waals surface area contributed by atoms with Crippen LogP contribution in [0.25, 0.3) is 38.9 Å². The smallest absolute Gasteiger partial charge is 0.282 e. The summed E-state index contributed by atoms with van der Waals surface area (Å²) in [6, 6.07) is 6.62. The minimum Gasteiger partial charge on any atom is -0.364 e. The van der Waals surface area contributed by atoms with Crippen molar-refractivity contribution in [3.05, 3.63) is 81.9 Å². The number of fused-ring (bicyclic) bond motifs is 2. The van der Waals surface area contributed by atoms with Gasteiger partial charge in [-0.15, -0.1) is 0 Å². The van der Waals surface area contributed by atoms with Gasteiger partial charge in [0.2, 0.25) is 0 Å². The number of carbonyl (C=O) groups is 2. The van der Waals surface area contributed by atoms with E-state index in [9.17, 15) is 14.0 Å². The van der Waals surface area contributed by atoms with Crippen molar-refractivity contribution in [3.8, 4) is 16.9 Å². The van der Waals surface area contributed by atoms with Crippen molar-refractivity contribution in [1.82, 2.24) is 34.9 Å². The lowest BCUT2D eigenvalue weighted by Crippen LogP contribution is -2.54. The number of carbonyl (C=O) groups excluding carboxylic acids is 2. The van der Waals surface area contributed by atoms with Crippen LogP contribution in [0, 0.1) is 24.3 Å². The fourth-order valence-corrected chi connectivity index (χ4v) is 7.02. The lowest BCUT2D eigenvalue weighted by Gasteiger charge is -2.42. The van der Waals surface area contributed by atoms with Gasteiger partial charge in [-0.1, -0.05) is 38.7 Å². The average molecular weight is 671 g/mol. The highest BCUT2D eigenvalue weighted by Gasteiger charge is 2.34. The SMILES string of the molecule is C=C(F)C(=O)N1CCN(c2c(C(=O)NC)c(=S)n(-c3c(C)ccnc3C(C)C)c3nc(-c4c(C)ccc5[nH]ncc45)c(F)cc23)[C@@H](C)C1. The van der Waals surface area contributed by atoms with Crippen molar-refractivity contribution < 1.29 is 18.4 Å². The molecule has 2 amide bonds. The van der Waals surface area contributed by atoms with E-state index >= 15 is 4.39 Å². The van der Waals surface area contributed by atoms with E-state index in [4.69, 9.17) is 22.2 Å². The van der Waals surface area contributed by atoms with Gasteiger partial charge in [-0.2, -0.15) is 5.10 Å². The molecule has 1 aliphatic rings. The van der Waals surface area contributed by atoms with Crippen molar-refractivity contribution in [2.24, 2.45) is 0 Å². The first kappa shape index (κ1) is 32.9. The summed E-state index contributed by atoms with van der Waals surface area (Å²) >= 11 is 6.20. The molecule has 4 aromatic heterocycles. The van der Waals surface area contributed by atoms with E-state index in [0.29, 0.717) is 33.4 Å². The van der Waals surface area contributed by atoms with E-state index in [-0.39, 0.29) is 41.5 Å². The highest BCUT2D eigenvalue weighted by Crippen LogP contribution is 2.40. The lowest BCUT2D eigenvalue weighted by atomic mass is 9.98. The zero-order valence-corrected chi connectivity index (χ0v) is 28.4. The van der Waals surface area contributed by atoms with Crippen LogP contribution in [-0.4, -0.2) is 74.2 Å². The molecule has 48 heavy (non-hydrogen) atoms. The monoisotopic (exact) mass is 670 g/mol. The molecule has 0 aliphatic carbocycles. The average Bonchev–Trinajstić information content (AvgIpc) is 3.53. The number of amides is 2. The number of hydrogen-bond donors (Lipinski definition) is 2. The van der Waals surface area contributed by atoms with Crippen molar-refractivity contribution in [2.45, 2.75) is 46.6 Å². The molecule has 0 saturated carbocycles. The number of anilines is 1. The van der Waals surface area contributed by atoms with Gasteiger partial charge in [0, 0.05) is 55.3 Å². The van der Waals surface area contributed by atoms with E-state index in [1.54, 1.807) is 17.0 Å². The van der Waals surface area contributed by atoms with Crippen molar-refractivity contribution in [2.75, 3.05) is 31.6 Å². The summed E-state index contributed by atoms with van der Waals surface area (Å²) in [7, 11) is 1.51. The van der Waals surface area contributed by atoms with Crippen LogP contribution in [0.3, 0.4) is 0 Å². The minimum absolute atomic E-state index is 0.0299. The zero-order valence-electron chi connectivity index (χ0n) is 27.6. The highest BCUT2D eigenvalue weighted by molar-refractivity contribution is 7.71. The second kappa shape index (κ2) is 12.5. The Morgan fingerprint density at radius 2 is 1.88 bits per heavy atom. The summed E-state index contributed by atoms with van der Waals surface area (Å²) < 4.78 is 32.4. The van der Waals surface area contributed by atoms with Crippen LogP contribution in [-0.2, 0) is 4.79 Å². The van der Waals surface area contributed by atoms with E-state index in [1.165, 1.54) is 18.0 Å². The van der Waals surface area contributed by atoms with Crippen LogP contribution in [0.2, 0.25) is 0 Å². The molecule has 10 nitrogen and oxygen atoms in total. The maximum Gasteiger partial charge on any atom is 0.282 e. The van der Waals surface area contributed by atoms with E-state index in [2.05, 4.69) is 22.1 Å². The third-order valence-electron chi connectivity index (χ3n) is 8.96. The first-order chi connectivity index (χ1) is 22.8. The van der Waals surface area contributed by atoms with E-state index in [0.717, 1.165) is 22.3 Å². The van der Waals surface area contributed by atoms with Gasteiger partial charge in [0.1, 0.15) is 21.8 Å². The van der Waals surface area contributed by atoms with Crippen LogP contribution in [0.1, 0.15) is 53.9 Å². The van der Waals surface area contributed by atoms with Gasteiger partial charge in [0.15, 0.2) is 5.83 Å². The molecule has 6 rings (SSSR count). The number of rotatable bonds is 6. The summed E-state index contributed by atoms with van der Waals surface area (Å²) in [5, 5.41) is 10.9. The largest absolute Gasteiger partial charge is 0.364 e. The molecule has 1 atom stereocenters. The molecule has 5 heterocycles. The summed E-state index contributed by atoms with van der Waals surface area (Å²) in [6.07, 6.45) is 3.37. The Kier molecular flexibility index (Phi) is 8.58. The van der Waals surface area contributed by atoms with Gasteiger partial charge in [-0.05, 0) is 56.0 Å². The molecule has 0 bridgehead atoms. The standard InChI is InChI=1S/C35H36F2N8O2S/c1-17(2)28-30(19(4)10-11-39-28)45-32-22(14-24(37)29(41-32)26-18(3)8-9-25-23(26)15-40-42-25)31(27(35(45)48)33(46)38-7)44-13-12-43(16-20(44)5)34(47)21(6)36/h8-11,14-15,17,20H,6,12-13,16H2,1-5,7H3,(H,38,46)(H,40,42)/t20-/m0/s1. The normalized spacial score (nSPS) is 15.1. The highest BCUT2D eigenvalue weighted by atomic mass is 32.1. The summed E-state index contributed by atoms with van der Waals surface area (Å²) in [4.78, 5) is 39.4. The topological polar surface area (TPSA) is 112 Å². The predicted octanol–water partition coefficient (Wildman–Crippen LogP) is 6.45. The second-order valence-electron chi connectivity index (χ2n) is 12.4. The third-order valence-corrected chi connectivity index (χ3v) is 9.35. The predicted molar refractivity (Wildman–Crippen MR) is 185 cm³/mol. The van der Waals surface area contributed by atoms with Crippen LogP contribution >= 0.6 is 12.2 Å². The molecule has 0 spiro atoms. The zero-order chi connectivity index (χ0) is 34.6. The number of pyridine rings is 3. The number of piperazine rings is 1. The fraction of sp³-hybridized carbons (Fsp3) is 0.314. The quantitative estimate of drug-likeness (QED) is 0.158. The number of hydrogen-bond acceptors (Lipinski definition) is 7. The Labute approximate surface area is 281 Å². The molecular formula is C35H36F2N8O2S. The molecule has 5 aromatic rings. The van der Waals surface area contributed by atoms with Gasteiger partial charge >= 0.3 is 0 Å². The molecule has 0 radical (unpaired) electrons. The number of halogens is 2. The van der Waals surface area contributed by atoms with Crippen molar-refractivity contribution >= 4 is 51.7 Å². The van der Waals surface area contributed by atoms with Gasteiger partial charge in [0.05, 0.1) is 34.3 Å². The minimum atomic E-state index is -1.05. The molecule has 1 aliphatic heterocycles. The molecule has 0 unspecified atom stereocenters.